The van der Waals surface area contributed by atoms with Gasteiger partial charge in [0, 0.05) is 28.9 Å². The molecule has 0 bridgehead atoms. The van der Waals surface area contributed by atoms with Crippen LogP contribution in [0.3, 0.4) is 0 Å². The molecule has 0 fully saturated rings. The summed E-state index contributed by atoms with van der Waals surface area (Å²) in [6, 6.07) is 10.3. The van der Waals surface area contributed by atoms with Crippen LogP contribution >= 0.6 is 11.3 Å². The highest BCUT2D eigenvalue weighted by molar-refractivity contribution is 7.09. The van der Waals surface area contributed by atoms with Crippen molar-refractivity contribution in [3.8, 4) is 11.3 Å². The van der Waals surface area contributed by atoms with E-state index in [9.17, 15) is 0 Å². The largest absolute Gasteiger partial charge is 0.326 e. The molecule has 1 unspecified atom stereocenters. The molecule has 4 heteroatoms. The first-order chi connectivity index (χ1) is 9.41. The lowest BCUT2D eigenvalue weighted by Crippen LogP contribution is -2.54. The minimum absolute atomic E-state index is 0.0431. The van der Waals surface area contributed by atoms with E-state index in [1.807, 2.05) is 18.2 Å². The topological polar surface area (TPSA) is 42.1 Å². The van der Waals surface area contributed by atoms with Crippen molar-refractivity contribution in [2.75, 3.05) is 14.1 Å². The molecule has 2 rings (SSSR count). The molecule has 108 valence electrons. The van der Waals surface area contributed by atoms with Crippen LogP contribution in [0.15, 0.2) is 35.7 Å². The number of likely N-dealkylation sites (N-methyl/N-ethyl adjacent to an activating group) is 1. The number of rotatable bonds is 5. The lowest BCUT2D eigenvalue weighted by atomic mass is 9.92. The SMILES string of the molecule is CN(C)C(C)(C)C(N)Cc1nc(-c2ccccc2)cs1. The van der Waals surface area contributed by atoms with Gasteiger partial charge in [0.15, 0.2) is 0 Å². The molecule has 1 aromatic heterocycles. The first-order valence-electron chi connectivity index (χ1n) is 6.84. The molecule has 20 heavy (non-hydrogen) atoms. The van der Waals surface area contributed by atoms with Crippen molar-refractivity contribution in [1.82, 2.24) is 9.88 Å². The second-order valence-electron chi connectivity index (χ2n) is 5.85. The van der Waals surface area contributed by atoms with E-state index in [2.05, 4.69) is 50.4 Å². The highest BCUT2D eigenvalue weighted by Gasteiger charge is 2.29. The van der Waals surface area contributed by atoms with Gasteiger partial charge in [-0.1, -0.05) is 30.3 Å². The third-order valence-electron chi connectivity index (χ3n) is 4.08. The molecule has 0 radical (unpaired) electrons. The van der Waals surface area contributed by atoms with Crippen LogP contribution in [-0.4, -0.2) is 35.6 Å². The minimum atomic E-state index is -0.0431. The maximum absolute atomic E-state index is 6.36. The van der Waals surface area contributed by atoms with E-state index >= 15 is 0 Å². The Labute approximate surface area is 125 Å². The Kier molecular flexibility index (Phi) is 4.58. The number of hydrogen-bond donors (Lipinski definition) is 1. The molecular formula is C16H23N3S. The van der Waals surface area contributed by atoms with Crippen LogP contribution in [0.1, 0.15) is 18.9 Å². The van der Waals surface area contributed by atoms with E-state index < -0.39 is 0 Å². The van der Waals surface area contributed by atoms with Crippen molar-refractivity contribution >= 4 is 11.3 Å². The lowest BCUT2D eigenvalue weighted by molar-refractivity contribution is 0.158. The number of nitrogens with zero attached hydrogens (tertiary/aromatic N) is 2. The van der Waals surface area contributed by atoms with Crippen LogP contribution < -0.4 is 5.73 Å². The first kappa shape index (κ1) is 15.2. The fourth-order valence-electron chi connectivity index (χ4n) is 1.92. The summed E-state index contributed by atoms with van der Waals surface area (Å²) in [5.41, 5.74) is 8.52. The number of nitrogens with two attached hydrogens (primary N) is 1. The number of aromatic nitrogens is 1. The van der Waals surface area contributed by atoms with E-state index in [-0.39, 0.29) is 11.6 Å². The fourth-order valence-corrected chi connectivity index (χ4v) is 2.78. The standard InChI is InChI=1S/C16H23N3S/c1-16(2,19(3)4)14(17)10-15-18-13(11-20-15)12-8-6-5-7-9-12/h5-9,11,14H,10,17H2,1-4H3. The van der Waals surface area contributed by atoms with Crippen molar-refractivity contribution in [3.05, 3.63) is 40.7 Å². The molecule has 1 aromatic carbocycles. The van der Waals surface area contributed by atoms with Gasteiger partial charge in [0.25, 0.3) is 0 Å². The Bertz CT molecular complexity index is 546. The normalized spacial score (nSPS) is 13.7. The molecule has 0 saturated carbocycles. The molecule has 0 saturated heterocycles. The molecule has 1 heterocycles. The second-order valence-corrected chi connectivity index (χ2v) is 6.79. The van der Waals surface area contributed by atoms with Crippen LogP contribution in [0, 0.1) is 0 Å². The zero-order chi connectivity index (χ0) is 14.8. The van der Waals surface area contributed by atoms with Gasteiger partial charge in [0.1, 0.15) is 0 Å². The number of hydrogen-bond acceptors (Lipinski definition) is 4. The van der Waals surface area contributed by atoms with Crippen LogP contribution in [-0.2, 0) is 6.42 Å². The first-order valence-corrected chi connectivity index (χ1v) is 7.72. The molecule has 2 aromatic rings. The third kappa shape index (κ3) is 3.26. The Balaban J connectivity index is 2.11. The van der Waals surface area contributed by atoms with Gasteiger partial charge >= 0.3 is 0 Å². The summed E-state index contributed by atoms with van der Waals surface area (Å²) in [7, 11) is 4.13. The van der Waals surface area contributed by atoms with E-state index in [0.29, 0.717) is 0 Å². The Morgan fingerprint density at radius 2 is 1.90 bits per heavy atom. The quantitative estimate of drug-likeness (QED) is 0.920. The summed E-state index contributed by atoms with van der Waals surface area (Å²) in [5, 5.41) is 3.21. The Morgan fingerprint density at radius 3 is 2.50 bits per heavy atom. The van der Waals surface area contributed by atoms with Crippen LogP contribution in [0.25, 0.3) is 11.3 Å². The predicted molar refractivity (Wildman–Crippen MR) is 87.0 cm³/mol. The highest BCUT2D eigenvalue weighted by atomic mass is 32.1. The van der Waals surface area contributed by atoms with Gasteiger partial charge in [-0.15, -0.1) is 11.3 Å². The Morgan fingerprint density at radius 1 is 1.25 bits per heavy atom. The Hall–Kier alpha value is -1.23. The zero-order valence-corrected chi connectivity index (χ0v) is 13.4. The summed E-state index contributed by atoms with van der Waals surface area (Å²) in [6.45, 7) is 4.34. The summed E-state index contributed by atoms with van der Waals surface area (Å²) < 4.78 is 0. The van der Waals surface area contributed by atoms with Crippen molar-refractivity contribution in [2.24, 2.45) is 5.73 Å². The van der Waals surface area contributed by atoms with Crippen LogP contribution in [0.4, 0.5) is 0 Å². The minimum Gasteiger partial charge on any atom is -0.326 e. The van der Waals surface area contributed by atoms with Crippen molar-refractivity contribution in [3.63, 3.8) is 0 Å². The third-order valence-corrected chi connectivity index (χ3v) is 4.95. The van der Waals surface area contributed by atoms with Crippen LogP contribution in [0.5, 0.6) is 0 Å². The van der Waals surface area contributed by atoms with E-state index in [1.54, 1.807) is 11.3 Å². The zero-order valence-electron chi connectivity index (χ0n) is 12.6. The smallest absolute Gasteiger partial charge is 0.0948 e. The van der Waals surface area contributed by atoms with Crippen LogP contribution in [0.2, 0.25) is 0 Å². The molecular weight excluding hydrogens is 266 g/mol. The monoisotopic (exact) mass is 289 g/mol. The average Bonchev–Trinajstić information content (AvgIpc) is 2.88. The molecule has 2 N–H and O–H groups in total. The molecule has 0 spiro atoms. The fraction of sp³-hybridized carbons (Fsp3) is 0.438. The van der Waals surface area contributed by atoms with E-state index in [4.69, 9.17) is 10.7 Å². The second kappa shape index (κ2) is 6.04. The summed E-state index contributed by atoms with van der Waals surface area (Å²) in [5.74, 6) is 0. The molecule has 0 aliphatic carbocycles. The van der Waals surface area contributed by atoms with Gasteiger partial charge in [0.05, 0.1) is 10.7 Å². The molecule has 0 amide bonds. The van der Waals surface area contributed by atoms with Gasteiger partial charge in [-0.3, -0.25) is 0 Å². The maximum Gasteiger partial charge on any atom is 0.0948 e. The average molecular weight is 289 g/mol. The number of benzene rings is 1. The molecule has 1 atom stereocenters. The highest BCUT2D eigenvalue weighted by Crippen LogP contribution is 2.24. The molecule has 0 aliphatic rings. The van der Waals surface area contributed by atoms with Gasteiger partial charge in [-0.25, -0.2) is 4.98 Å². The van der Waals surface area contributed by atoms with Crippen molar-refractivity contribution in [2.45, 2.75) is 31.8 Å². The lowest BCUT2D eigenvalue weighted by Gasteiger charge is -2.37. The summed E-state index contributed by atoms with van der Waals surface area (Å²) >= 11 is 1.69. The van der Waals surface area contributed by atoms with Gasteiger partial charge in [-0.05, 0) is 27.9 Å². The van der Waals surface area contributed by atoms with Gasteiger partial charge < -0.3 is 10.6 Å². The van der Waals surface area contributed by atoms with Crippen molar-refractivity contribution < 1.29 is 0 Å². The maximum atomic E-state index is 6.36. The van der Waals surface area contributed by atoms with Crippen molar-refractivity contribution in [1.29, 1.82) is 0 Å². The van der Waals surface area contributed by atoms with Gasteiger partial charge in [0.2, 0.25) is 0 Å². The molecule has 3 nitrogen and oxygen atoms in total. The summed E-state index contributed by atoms with van der Waals surface area (Å²) in [4.78, 5) is 6.88. The van der Waals surface area contributed by atoms with Gasteiger partial charge in [-0.2, -0.15) is 0 Å². The predicted octanol–water partition coefficient (Wildman–Crippen LogP) is 3.02. The summed E-state index contributed by atoms with van der Waals surface area (Å²) in [6.07, 6.45) is 0.808. The van der Waals surface area contributed by atoms with E-state index in [0.717, 1.165) is 22.7 Å². The number of thiazole rings is 1. The molecule has 0 aliphatic heterocycles. The van der Waals surface area contributed by atoms with E-state index in [1.165, 1.54) is 0 Å².